The summed E-state index contributed by atoms with van der Waals surface area (Å²) in [5.41, 5.74) is 3.47. The van der Waals surface area contributed by atoms with E-state index in [4.69, 9.17) is 0 Å². The lowest BCUT2D eigenvalue weighted by Gasteiger charge is -2.18. The first-order chi connectivity index (χ1) is 11.9. The van der Waals surface area contributed by atoms with E-state index in [2.05, 4.69) is 10.5 Å². The lowest BCUT2D eigenvalue weighted by Crippen LogP contribution is -2.38. The molecule has 0 saturated heterocycles. The van der Waals surface area contributed by atoms with Gasteiger partial charge < -0.3 is 5.11 Å². The van der Waals surface area contributed by atoms with E-state index >= 15 is 0 Å². The third kappa shape index (κ3) is 6.02. The summed E-state index contributed by atoms with van der Waals surface area (Å²) >= 11 is 0. The van der Waals surface area contributed by atoms with Gasteiger partial charge in [0.1, 0.15) is 5.75 Å². The average Bonchev–Trinajstić information content (AvgIpc) is 2.56. The molecule has 0 spiro atoms. The minimum atomic E-state index is -3.56. The van der Waals surface area contributed by atoms with Gasteiger partial charge in [-0.3, -0.25) is 4.79 Å². The van der Waals surface area contributed by atoms with E-state index in [0.717, 1.165) is 16.1 Å². The molecule has 0 heterocycles. The van der Waals surface area contributed by atoms with E-state index in [1.807, 2.05) is 6.07 Å². The quantitative estimate of drug-likeness (QED) is 0.574. The highest BCUT2D eigenvalue weighted by Gasteiger charge is 2.20. The Kier molecular flexibility index (Phi) is 6.26. The Balaban J connectivity index is 1.99. The van der Waals surface area contributed by atoms with Gasteiger partial charge in [-0.05, 0) is 17.7 Å². The molecule has 0 aliphatic rings. The van der Waals surface area contributed by atoms with Crippen LogP contribution in [0.5, 0.6) is 5.75 Å². The number of phenols is 1. The van der Waals surface area contributed by atoms with Crippen LogP contribution in [0, 0.1) is 0 Å². The maximum Gasteiger partial charge on any atom is 0.255 e. The van der Waals surface area contributed by atoms with Crippen molar-refractivity contribution in [1.29, 1.82) is 0 Å². The monoisotopic (exact) mass is 361 g/mol. The first-order valence-electron chi connectivity index (χ1n) is 7.45. The molecule has 0 fully saturated rings. The standard InChI is InChI=1S/C17H19N3O4S/c1-25(23,24)20(12-14-7-3-2-4-8-14)13-17(22)19-18-11-15-9-5-6-10-16(15)21/h2-11,21H,12-13H2,1H3,(H,19,22)/b18-11-. The Morgan fingerprint density at radius 3 is 2.44 bits per heavy atom. The molecule has 25 heavy (non-hydrogen) atoms. The molecular weight excluding hydrogens is 342 g/mol. The number of sulfonamides is 1. The van der Waals surface area contributed by atoms with Gasteiger partial charge in [0.15, 0.2) is 0 Å². The zero-order chi connectivity index (χ0) is 18.3. The summed E-state index contributed by atoms with van der Waals surface area (Å²) in [4.78, 5) is 12.0. The second-order valence-corrected chi connectivity index (χ2v) is 7.35. The Morgan fingerprint density at radius 1 is 1.16 bits per heavy atom. The molecule has 0 aliphatic heterocycles. The van der Waals surface area contributed by atoms with Crippen molar-refractivity contribution in [1.82, 2.24) is 9.73 Å². The zero-order valence-corrected chi connectivity index (χ0v) is 14.5. The summed E-state index contributed by atoms with van der Waals surface area (Å²) < 4.78 is 24.8. The minimum Gasteiger partial charge on any atom is -0.507 e. The summed E-state index contributed by atoms with van der Waals surface area (Å²) in [7, 11) is -3.56. The first kappa shape index (κ1) is 18.6. The molecule has 2 rings (SSSR count). The van der Waals surface area contributed by atoms with Crippen LogP contribution in [-0.2, 0) is 21.4 Å². The Morgan fingerprint density at radius 2 is 1.80 bits per heavy atom. The van der Waals surface area contributed by atoms with E-state index in [-0.39, 0.29) is 18.8 Å². The number of amides is 1. The van der Waals surface area contributed by atoms with Crippen LogP contribution in [0.25, 0.3) is 0 Å². The van der Waals surface area contributed by atoms with Gasteiger partial charge >= 0.3 is 0 Å². The van der Waals surface area contributed by atoms with Gasteiger partial charge in [0.25, 0.3) is 5.91 Å². The van der Waals surface area contributed by atoms with Crippen molar-refractivity contribution in [3.63, 3.8) is 0 Å². The maximum atomic E-state index is 12.0. The molecule has 2 N–H and O–H groups in total. The number of rotatable bonds is 7. The fourth-order valence-corrected chi connectivity index (χ4v) is 2.78. The van der Waals surface area contributed by atoms with Crippen LogP contribution in [0.1, 0.15) is 11.1 Å². The number of carbonyl (C=O) groups is 1. The number of aromatic hydroxyl groups is 1. The minimum absolute atomic E-state index is 0.0299. The van der Waals surface area contributed by atoms with Crippen molar-refractivity contribution < 1.29 is 18.3 Å². The number of nitrogens with zero attached hydrogens (tertiary/aromatic N) is 2. The molecule has 0 saturated carbocycles. The van der Waals surface area contributed by atoms with Gasteiger partial charge in [-0.2, -0.15) is 9.41 Å². The molecule has 0 aromatic heterocycles. The largest absolute Gasteiger partial charge is 0.507 e. The van der Waals surface area contributed by atoms with Crippen LogP contribution in [0.3, 0.4) is 0 Å². The molecule has 1 amide bonds. The number of nitrogens with one attached hydrogen (secondary N) is 1. The molecule has 0 radical (unpaired) electrons. The number of hydrogen-bond donors (Lipinski definition) is 2. The van der Waals surface area contributed by atoms with Crippen molar-refractivity contribution in [3.8, 4) is 5.75 Å². The van der Waals surface area contributed by atoms with Crippen LogP contribution in [0.2, 0.25) is 0 Å². The fraction of sp³-hybridized carbons (Fsp3) is 0.176. The smallest absolute Gasteiger partial charge is 0.255 e. The maximum absolute atomic E-state index is 12.0. The number of phenolic OH excluding ortho intramolecular Hbond substituents is 1. The number of para-hydroxylation sites is 1. The van der Waals surface area contributed by atoms with Crippen LogP contribution in [0.15, 0.2) is 59.7 Å². The van der Waals surface area contributed by atoms with Gasteiger partial charge in [0.05, 0.1) is 19.0 Å². The third-order valence-corrected chi connectivity index (χ3v) is 4.52. The molecular formula is C17H19N3O4S. The van der Waals surface area contributed by atoms with Gasteiger partial charge in [-0.25, -0.2) is 13.8 Å². The summed E-state index contributed by atoms with van der Waals surface area (Å²) in [6, 6.07) is 15.5. The summed E-state index contributed by atoms with van der Waals surface area (Å²) in [5.74, 6) is -0.546. The highest BCUT2D eigenvalue weighted by atomic mass is 32.2. The van der Waals surface area contributed by atoms with Gasteiger partial charge in [0.2, 0.25) is 10.0 Å². The Bertz CT molecular complexity index is 851. The highest BCUT2D eigenvalue weighted by molar-refractivity contribution is 7.88. The second-order valence-electron chi connectivity index (χ2n) is 5.37. The lowest BCUT2D eigenvalue weighted by atomic mass is 10.2. The summed E-state index contributed by atoms with van der Waals surface area (Å²) in [6.45, 7) is -0.262. The van der Waals surface area contributed by atoms with Crippen LogP contribution in [-0.4, -0.2) is 42.8 Å². The number of hydrazone groups is 1. The zero-order valence-electron chi connectivity index (χ0n) is 13.7. The van der Waals surface area contributed by atoms with E-state index < -0.39 is 15.9 Å². The first-order valence-corrected chi connectivity index (χ1v) is 9.30. The SMILES string of the molecule is CS(=O)(=O)N(CC(=O)N/N=C\c1ccccc1O)Cc1ccccc1. The predicted molar refractivity (Wildman–Crippen MR) is 95.5 cm³/mol. The topological polar surface area (TPSA) is 99.1 Å². The molecule has 2 aromatic rings. The summed E-state index contributed by atoms with van der Waals surface area (Å²) in [6.07, 6.45) is 2.34. The molecule has 0 atom stereocenters. The normalized spacial score (nSPS) is 11.8. The van der Waals surface area contributed by atoms with Crippen LogP contribution < -0.4 is 5.43 Å². The number of benzene rings is 2. The Labute approximate surface area is 146 Å². The van der Waals surface area contributed by atoms with Gasteiger partial charge in [-0.1, -0.05) is 42.5 Å². The summed E-state index contributed by atoms with van der Waals surface area (Å²) in [5, 5.41) is 13.3. The van der Waals surface area contributed by atoms with Crippen molar-refractivity contribution in [2.24, 2.45) is 5.10 Å². The molecule has 2 aromatic carbocycles. The number of carbonyl (C=O) groups excluding carboxylic acids is 1. The predicted octanol–water partition coefficient (Wildman–Crippen LogP) is 1.30. The van der Waals surface area contributed by atoms with E-state index in [9.17, 15) is 18.3 Å². The van der Waals surface area contributed by atoms with E-state index in [1.54, 1.807) is 42.5 Å². The Hall–Kier alpha value is -2.71. The van der Waals surface area contributed by atoms with Crippen LogP contribution >= 0.6 is 0 Å². The third-order valence-electron chi connectivity index (χ3n) is 3.32. The molecule has 0 unspecified atom stereocenters. The van der Waals surface area contributed by atoms with Crippen molar-refractivity contribution in [2.45, 2.75) is 6.54 Å². The average molecular weight is 361 g/mol. The number of hydrogen-bond acceptors (Lipinski definition) is 5. The lowest BCUT2D eigenvalue weighted by molar-refractivity contribution is -0.121. The van der Waals surface area contributed by atoms with Crippen molar-refractivity contribution in [2.75, 3.05) is 12.8 Å². The molecule has 7 nitrogen and oxygen atoms in total. The van der Waals surface area contributed by atoms with Gasteiger partial charge in [0, 0.05) is 12.1 Å². The second kappa shape index (κ2) is 8.41. The fourth-order valence-electron chi connectivity index (χ4n) is 2.04. The molecule has 132 valence electrons. The van der Waals surface area contributed by atoms with Crippen molar-refractivity contribution >= 4 is 22.1 Å². The molecule has 8 heteroatoms. The van der Waals surface area contributed by atoms with Crippen LogP contribution in [0.4, 0.5) is 0 Å². The van der Waals surface area contributed by atoms with Crippen molar-refractivity contribution in [3.05, 3.63) is 65.7 Å². The van der Waals surface area contributed by atoms with E-state index in [1.165, 1.54) is 12.3 Å². The van der Waals surface area contributed by atoms with Gasteiger partial charge in [-0.15, -0.1) is 0 Å². The molecule has 0 bridgehead atoms. The molecule has 0 aliphatic carbocycles. The highest BCUT2D eigenvalue weighted by Crippen LogP contribution is 2.12. The van der Waals surface area contributed by atoms with E-state index in [0.29, 0.717) is 5.56 Å².